The summed E-state index contributed by atoms with van der Waals surface area (Å²) in [6, 6.07) is 6.07. The van der Waals surface area contributed by atoms with Gasteiger partial charge in [0.25, 0.3) is 0 Å². The van der Waals surface area contributed by atoms with E-state index in [4.69, 9.17) is 0 Å². The Hall–Kier alpha value is -1.51. The summed E-state index contributed by atoms with van der Waals surface area (Å²) in [5.74, 6) is 0.461. The number of nitrogens with one attached hydrogen (secondary N) is 2. The zero-order valence-electron chi connectivity index (χ0n) is 11.8. The average molecular weight is 248 g/mol. The lowest BCUT2D eigenvalue weighted by atomic mass is 10.0. The van der Waals surface area contributed by atoms with Crippen molar-refractivity contribution in [3.63, 3.8) is 0 Å². The van der Waals surface area contributed by atoms with Gasteiger partial charge in [-0.05, 0) is 29.9 Å². The molecule has 0 aliphatic carbocycles. The Kier molecular flexibility index (Phi) is 5.69. The van der Waals surface area contributed by atoms with Crippen molar-refractivity contribution < 1.29 is 4.79 Å². The predicted molar refractivity (Wildman–Crippen MR) is 77.1 cm³/mol. The summed E-state index contributed by atoms with van der Waals surface area (Å²) >= 11 is 0. The van der Waals surface area contributed by atoms with Crippen LogP contribution in [-0.4, -0.2) is 12.6 Å². The third kappa shape index (κ3) is 4.06. The van der Waals surface area contributed by atoms with Gasteiger partial charge in [-0.2, -0.15) is 0 Å². The molecule has 0 atom stereocenters. The van der Waals surface area contributed by atoms with Crippen LogP contribution in [0.3, 0.4) is 0 Å². The molecule has 0 heterocycles. The Balaban J connectivity index is 2.79. The van der Waals surface area contributed by atoms with Gasteiger partial charge in [0.2, 0.25) is 0 Å². The van der Waals surface area contributed by atoms with E-state index in [2.05, 4.69) is 56.5 Å². The minimum absolute atomic E-state index is 0.112. The fourth-order valence-electron chi connectivity index (χ4n) is 1.86. The molecule has 1 rings (SSSR count). The fourth-order valence-corrected chi connectivity index (χ4v) is 1.86. The van der Waals surface area contributed by atoms with Gasteiger partial charge in [-0.1, -0.05) is 45.9 Å². The molecule has 0 fully saturated rings. The van der Waals surface area contributed by atoms with Crippen molar-refractivity contribution in [3.05, 3.63) is 29.3 Å². The second-order valence-electron chi connectivity index (χ2n) is 4.89. The molecule has 2 N–H and O–H groups in total. The summed E-state index contributed by atoms with van der Waals surface area (Å²) in [6.45, 7) is 9.06. The Bertz CT molecular complexity index is 377. The minimum atomic E-state index is -0.112. The SMILES string of the molecule is CCc1cccc(CC)c1NC(=O)NCC(C)C. The van der Waals surface area contributed by atoms with Gasteiger partial charge in [-0.25, -0.2) is 4.79 Å². The first-order valence-electron chi connectivity index (χ1n) is 6.74. The molecule has 0 aliphatic rings. The fraction of sp³-hybridized carbons (Fsp3) is 0.533. The van der Waals surface area contributed by atoms with Gasteiger partial charge >= 0.3 is 6.03 Å². The van der Waals surface area contributed by atoms with E-state index < -0.39 is 0 Å². The lowest BCUT2D eigenvalue weighted by Crippen LogP contribution is -2.32. The maximum Gasteiger partial charge on any atom is 0.319 e. The number of rotatable bonds is 5. The zero-order chi connectivity index (χ0) is 13.5. The summed E-state index contributed by atoms with van der Waals surface area (Å²) < 4.78 is 0. The summed E-state index contributed by atoms with van der Waals surface area (Å²) in [6.07, 6.45) is 1.85. The molecule has 0 aromatic heterocycles. The van der Waals surface area contributed by atoms with Gasteiger partial charge in [0.05, 0.1) is 0 Å². The van der Waals surface area contributed by atoms with Crippen molar-refractivity contribution in [1.82, 2.24) is 5.32 Å². The number of carbonyl (C=O) groups excluding carboxylic acids is 1. The summed E-state index contributed by atoms with van der Waals surface area (Å²) in [5, 5.41) is 5.87. The van der Waals surface area contributed by atoms with Crippen LogP contribution < -0.4 is 10.6 Å². The first kappa shape index (κ1) is 14.6. The highest BCUT2D eigenvalue weighted by Crippen LogP contribution is 2.22. The topological polar surface area (TPSA) is 41.1 Å². The van der Waals surface area contributed by atoms with Gasteiger partial charge in [0.15, 0.2) is 0 Å². The number of para-hydroxylation sites is 1. The zero-order valence-corrected chi connectivity index (χ0v) is 11.8. The van der Waals surface area contributed by atoms with Gasteiger partial charge in [0, 0.05) is 12.2 Å². The van der Waals surface area contributed by atoms with Crippen molar-refractivity contribution in [2.45, 2.75) is 40.5 Å². The Morgan fingerprint density at radius 3 is 2.17 bits per heavy atom. The first-order chi connectivity index (χ1) is 8.58. The van der Waals surface area contributed by atoms with Crippen LogP contribution in [0.4, 0.5) is 10.5 Å². The highest BCUT2D eigenvalue weighted by molar-refractivity contribution is 5.91. The summed E-state index contributed by atoms with van der Waals surface area (Å²) in [7, 11) is 0. The molecule has 18 heavy (non-hydrogen) atoms. The van der Waals surface area contributed by atoms with Crippen molar-refractivity contribution in [2.24, 2.45) is 5.92 Å². The normalized spacial score (nSPS) is 10.5. The van der Waals surface area contributed by atoms with Crippen molar-refractivity contribution in [3.8, 4) is 0 Å². The number of amides is 2. The predicted octanol–water partition coefficient (Wildman–Crippen LogP) is 3.59. The Morgan fingerprint density at radius 1 is 1.17 bits per heavy atom. The molecule has 1 aromatic carbocycles. The third-order valence-corrected chi connectivity index (χ3v) is 2.91. The van der Waals surface area contributed by atoms with Crippen molar-refractivity contribution in [2.75, 3.05) is 11.9 Å². The van der Waals surface area contributed by atoms with Crippen molar-refractivity contribution >= 4 is 11.7 Å². The summed E-state index contributed by atoms with van der Waals surface area (Å²) in [5.41, 5.74) is 3.35. The molecule has 0 bridgehead atoms. The first-order valence-corrected chi connectivity index (χ1v) is 6.74. The van der Waals surface area contributed by atoms with Crippen LogP contribution in [0.5, 0.6) is 0 Å². The van der Waals surface area contributed by atoms with Crippen LogP contribution in [-0.2, 0) is 12.8 Å². The quantitative estimate of drug-likeness (QED) is 0.821. The third-order valence-electron chi connectivity index (χ3n) is 2.91. The number of anilines is 1. The lowest BCUT2D eigenvalue weighted by Gasteiger charge is -2.15. The molecule has 0 radical (unpaired) electrons. The van der Waals surface area contributed by atoms with E-state index in [1.807, 2.05) is 0 Å². The van der Waals surface area contributed by atoms with E-state index in [0.717, 1.165) is 18.5 Å². The molecule has 2 amide bonds. The van der Waals surface area contributed by atoms with Crippen LogP contribution in [0.2, 0.25) is 0 Å². The maximum absolute atomic E-state index is 11.8. The number of hydrogen-bond acceptors (Lipinski definition) is 1. The summed E-state index contributed by atoms with van der Waals surface area (Å²) in [4.78, 5) is 11.8. The number of hydrogen-bond donors (Lipinski definition) is 2. The second-order valence-corrected chi connectivity index (χ2v) is 4.89. The van der Waals surface area contributed by atoms with Crippen LogP contribution in [0, 0.1) is 5.92 Å². The van der Waals surface area contributed by atoms with E-state index in [1.54, 1.807) is 0 Å². The van der Waals surface area contributed by atoms with E-state index in [9.17, 15) is 4.79 Å². The lowest BCUT2D eigenvalue weighted by molar-refractivity contribution is 0.251. The number of benzene rings is 1. The molecular formula is C15H24N2O. The molecule has 100 valence electrons. The average Bonchev–Trinajstić information content (AvgIpc) is 2.36. The Labute approximate surface area is 110 Å². The largest absolute Gasteiger partial charge is 0.338 e. The molecule has 1 aromatic rings. The van der Waals surface area contributed by atoms with E-state index in [1.165, 1.54) is 11.1 Å². The van der Waals surface area contributed by atoms with E-state index in [-0.39, 0.29) is 6.03 Å². The standard InChI is InChI=1S/C15H24N2O/c1-5-12-8-7-9-13(6-2)14(12)17-15(18)16-10-11(3)4/h7-9,11H,5-6,10H2,1-4H3,(H2,16,17,18). The van der Waals surface area contributed by atoms with Gasteiger partial charge < -0.3 is 10.6 Å². The Morgan fingerprint density at radius 2 is 1.72 bits per heavy atom. The van der Waals surface area contributed by atoms with Gasteiger partial charge in [0.1, 0.15) is 0 Å². The van der Waals surface area contributed by atoms with Crippen LogP contribution in [0.1, 0.15) is 38.8 Å². The van der Waals surface area contributed by atoms with Crippen LogP contribution >= 0.6 is 0 Å². The number of urea groups is 1. The van der Waals surface area contributed by atoms with Crippen molar-refractivity contribution in [1.29, 1.82) is 0 Å². The smallest absolute Gasteiger partial charge is 0.319 e. The molecule has 3 heteroatoms. The second kappa shape index (κ2) is 7.04. The highest BCUT2D eigenvalue weighted by atomic mass is 16.2. The molecule has 0 saturated heterocycles. The van der Waals surface area contributed by atoms with E-state index in [0.29, 0.717) is 12.5 Å². The van der Waals surface area contributed by atoms with Gasteiger partial charge in [-0.15, -0.1) is 0 Å². The molecular weight excluding hydrogens is 224 g/mol. The monoisotopic (exact) mass is 248 g/mol. The number of aryl methyl sites for hydroxylation is 2. The van der Waals surface area contributed by atoms with Crippen LogP contribution in [0.25, 0.3) is 0 Å². The molecule has 0 saturated carbocycles. The maximum atomic E-state index is 11.8. The molecule has 0 unspecified atom stereocenters. The number of carbonyl (C=O) groups is 1. The van der Waals surface area contributed by atoms with E-state index >= 15 is 0 Å². The van der Waals surface area contributed by atoms with Gasteiger partial charge in [-0.3, -0.25) is 0 Å². The molecule has 3 nitrogen and oxygen atoms in total. The highest BCUT2D eigenvalue weighted by Gasteiger charge is 2.09. The van der Waals surface area contributed by atoms with Crippen LogP contribution in [0.15, 0.2) is 18.2 Å². The molecule has 0 aliphatic heterocycles. The molecule has 0 spiro atoms. The minimum Gasteiger partial charge on any atom is -0.338 e.